The van der Waals surface area contributed by atoms with Crippen LogP contribution < -0.4 is 0 Å². The van der Waals surface area contributed by atoms with Crippen LogP contribution in [0.5, 0.6) is 0 Å². The van der Waals surface area contributed by atoms with Gasteiger partial charge < -0.3 is 0 Å². The van der Waals surface area contributed by atoms with Crippen LogP contribution in [-0.2, 0) is 0 Å². The van der Waals surface area contributed by atoms with Crippen molar-refractivity contribution in [2.75, 3.05) is 0 Å². The lowest BCUT2D eigenvalue weighted by Crippen LogP contribution is -2.21. The predicted molar refractivity (Wildman–Crippen MR) is 113 cm³/mol. The van der Waals surface area contributed by atoms with Crippen LogP contribution >= 0.6 is 0 Å². The highest BCUT2D eigenvalue weighted by Gasteiger charge is 2.27. The summed E-state index contributed by atoms with van der Waals surface area (Å²) in [4.78, 5) is 0. The average Bonchev–Trinajstić information content (AvgIpc) is 2.58. The van der Waals surface area contributed by atoms with Gasteiger partial charge in [0, 0.05) is 0 Å². The molecule has 0 aliphatic carbocycles. The van der Waals surface area contributed by atoms with Crippen LogP contribution in [0.15, 0.2) is 0 Å². The van der Waals surface area contributed by atoms with Crippen LogP contribution in [0.3, 0.4) is 0 Å². The second kappa shape index (κ2) is 16.5. The van der Waals surface area contributed by atoms with E-state index >= 15 is 0 Å². The third-order valence-electron chi connectivity index (χ3n) is 5.98. The molecule has 0 aromatic rings. The van der Waals surface area contributed by atoms with Gasteiger partial charge in [0.1, 0.15) is 0 Å². The summed E-state index contributed by atoms with van der Waals surface area (Å²) < 4.78 is 0. The third-order valence-corrected chi connectivity index (χ3v) is 5.98. The molecule has 0 heteroatoms. The Morgan fingerprint density at radius 3 is 1.62 bits per heavy atom. The average molecular weight is 339 g/mol. The zero-order chi connectivity index (χ0) is 18.1. The molecule has 0 N–H and O–H groups in total. The van der Waals surface area contributed by atoms with Crippen molar-refractivity contribution in [2.24, 2.45) is 11.3 Å². The summed E-state index contributed by atoms with van der Waals surface area (Å²) in [6, 6.07) is 0. The molecule has 0 heterocycles. The molecule has 0 aliphatic rings. The predicted octanol–water partition coefficient (Wildman–Crippen LogP) is 9.32. The summed E-state index contributed by atoms with van der Waals surface area (Å²) in [7, 11) is 0. The van der Waals surface area contributed by atoms with Gasteiger partial charge in [-0.05, 0) is 30.6 Å². The summed E-state index contributed by atoms with van der Waals surface area (Å²) >= 11 is 0. The molecule has 2 atom stereocenters. The highest BCUT2D eigenvalue weighted by atomic mass is 14.3. The number of hydrogen-bond acceptors (Lipinski definition) is 0. The smallest absolute Gasteiger partial charge is 0.0323 e. The van der Waals surface area contributed by atoms with Crippen molar-refractivity contribution in [1.82, 2.24) is 0 Å². The van der Waals surface area contributed by atoms with Crippen LogP contribution in [0.25, 0.3) is 0 Å². The fourth-order valence-electron chi connectivity index (χ4n) is 4.31. The molecule has 0 bridgehead atoms. The maximum atomic E-state index is 2.62. The standard InChI is InChI=1S/C24H50/c1-6-10-14-16-19-23(18-12-8-3)22-24(5,20-13-9-4)21-17-15-11-7-2/h23H,6-22H2,1-5H3. The normalized spacial score (nSPS) is 15.4. The van der Waals surface area contributed by atoms with E-state index in [2.05, 4.69) is 34.6 Å². The summed E-state index contributed by atoms with van der Waals surface area (Å²) in [5, 5.41) is 0. The summed E-state index contributed by atoms with van der Waals surface area (Å²) in [5.74, 6) is 0.995. The molecule has 0 saturated heterocycles. The van der Waals surface area contributed by atoms with E-state index in [-0.39, 0.29) is 0 Å². The minimum absolute atomic E-state index is 0.618. The lowest BCUT2D eigenvalue weighted by atomic mass is 9.71. The maximum Gasteiger partial charge on any atom is -0.0323 e. The van der Waals surface area contributed by atoms with Crippen molar-refractivity contribution in [3.05, 3.63) is 0 Å². The van der Waals surface area contributed by atoms with Gasteiger partial charge in [0.2, 0.25) is 0 Å². The Labute approximate surface area is 155 Å². The van der Waals surface area contributed by atoms with Gasteiger partial charge in [-0.2, -0.15) is 0 Å². The van der Waals surface area contributed by atoms with E-state index in [0.717, 1.165) is 5.92 Å². The first-order chi connectivity index (χ1) is 11.6. The van der Waals surface area contributed by atoms with Gasteiger partial charge in [0.25, 0.3) is 0 Å². The van der Waals surface area contributed by atoms with Crippen molar-refractivity contribution in [3.8, 4) is 0 Å². The molecule has 0 aliphatic heterocycles. The zero-order valence-corrected chi connectivity index (χ0v) is 18.1. The van der Waals surface area contributed by atoms with Crippen LogP contribution in [0.4, 0.5) is 0 Å². The van der Waals surface area contributed by atoms with Crippen LogP contribution in [0, 0.1) is 11.3 Å². The van der Waals surface area contributed by atoms with Gasteiger partial charge in [-0.3, -0.25) is 0 Å². The molecule has 0 rings (SSSR count). The fraction of sp³-hybridized carbons (Fsp3) is 1.00. The Bertz CT molecular complexity index is 244. The monoisotopic (exact) mass is 338 g/mol. The molecule has 0 saturated carbocycles. The van der Waals surface area contributed by atoms with Crippen LogP contribution in [0.2, 0.25) is 0 Å². The molecule has 0 radical (unpaired) electrons. The molecule has 24 heavy (non-hydrogen) atoms. The molecule has 2 unspecified atom stereocenters. The lowest BCUT2D eigenvalue weighted by Gasteiger charge is -2.34. The van der Waals surface area contributed by atoms with Crippen molar-refractivity contribution in [2.45, 2.75) is 144 Å². The van der Waals surface area contributed by atoms with Crippen molar-refractivity contribution in [1.29, 1.82) is 0 Å². The molecule has 0 aromatic carbocycles. The Morgan fingerprint density at radius 1 is 0.542 bits per heavy atom. The molecular formula is C24H50. The SMILES string of the molecule is CCCCCCC(CCCC)CC(C)(CCCC)CCCCCC. The van der Waals surface area contributed by atoms with Crippen molar-refractivity contribution >= 4 is 0 Å². The zero-order valence-electron chi connectivity index (χ0n) is 18.1. The molecule has 0 fully saturated rings. The fourth-order valence-corrected chi connectivity index (χ4v) is 4.31. The van der Waals surface area contributed by atoms with Gasteiger partial charge in [-0.1, -0.05) is 125 Å². The second-order valence-electron chi connectivity index (χ2n) is 8.79. The van der Waals surface area contributed by atoms with E-state index in [4.69, 9.17) is 0 Å². The summed E-state index contributed by atoms with van der Waals surface area (Å²) in [6.45, 7) is 12.0. The van der Waals surface area contributed by atoms with Gasteiger partial charge >= 0.3 is 0 Å². The minimum atomic E-state index is 0.618. The Balaban J connectivity index is 4.52. The van der Waals surface area contributed by atoms with E-state index in [0.29, 0.717) is 5.41 Å². The molecule has 0 aromatic heterocycles. The Morgan fingerprint density at radius 2 is 1.04 bits per heavy atom. The molecular weight excluding hydrogens is 288 g/mol. The minimum Gasteiger partial charge on any atom is -0.0654 e. The molecule has 146 valence electrons. The largest absolute Gasteiger partial charge is 0.0654 e. The van der Waals surface area contributed by atoms with E-state index in [1.54, 1.807) is 0 Å². The number of unbranched alkanes of at least 4 members (excludes halogenated alkanes) is 8. The van der Waals surface area contributed by atoms with E-state index in [9.17, 15) is 0 Å². The summed E-state index contributed by atoms with van der Waals surface area (Å²) in [5.41, 5.74) is 0.618. The first-order valence-electron chi connectivity index (χ1n) is 11.6. The third kappa shape index (κ3) is 13.3. The Hall–Kier alpha value is 0. The first kappa shape index (κ1) is 24.0. The summed E-state index contributed by atoms with van der Waals surface area (Å²) in [6.07, 6.45) is 24.5. The van der Waals surface area contributed by atoms with Gasteiger partial charge in [-0.25, -0.2) is 0 Å². The molecule has 0 amide bonds. The topological polar surface area (TPSA) is 0 Å². The quantitative estimate of drug-likeness (QED) is 0.218. The Kier molecular flexibility index (Phi) is 16.5. The first-order valence-corrected chi connectivity index (χ1v) is 11.6. The molecule has 0 spiro atoms. The number of hydrogen-bond donors (Lipinski definition) is 0. The second-order valence-corrected chi connectivity index (χ2v) is 8.79. The highest BCUT2D eigenvalue weighted by molar-refractivity contribution is 4.78. The van der Waals surface area contributed by atoms with Gasteiger partial charge in [-0.15, -0.1) is 0 Å². The van der Waals surface area contributed by atoms with E-state index in [1.165, 1.54) is 109 Å². The van der Waals surface area contributed by atoms with Gasteiger partial charge in [0.05, 0.1) is 0 Å². The van der Waals surface area contributed by atoms with Gasteiger partial charge in [0.15, 0.2) is 0 Å². The van der Waals surface area contributed by atoms with E-state index in [1.807, 2.05) is 0 Å². The van der Waals surface area contributed by atoms with Crippen molar-refractivity contribution in [3.63, 3.8) is 0 Å². The molecule has 0 nitrogen and oxygen atoms in total. The van der Waals surface area contributed by atoms with Crippen LogP contribution in [-0.4, -0.2) is 0 Å². The van der Waals surface area contributed by atoms with E-state index < -0.39 is 0 Å². The number of rotatable bonds is 18. The maximum absolute atomic E-state index is 2.62. The van der Waals surface area contributed by atoms with Crippen LogP contribution in [0.1, 0.15) is 144 Å². The van der Waals surface area contributed by atoms with Crippen molar-refractivity contribution < 1.29 is 0 Å². The highest BCUT2D eigenvalue weighted by Crippen LogP contribution is 2.40. The lowest BCUT2D eigenvalue weighted by molar-refractivity contribution is 0.177.